The first-order valence-electron chi connectivity index (χ1n) is 0.333. The molecule has 5 heavy (non-hydrogen) atoms. The Morgan fingerprint density at radius 2 is 1.60 bits per heavy atom. The monoisotopic (exact) mass is 161 g/mol. The fourth-order valence-corrected chi connectivity index (χ4v) is 0. The minimum atomic E-state index is 0. The summed E-state index contributed by atoms with van der Waals surface area (Å²) in [6, 6.07) is 0. The number of hydrogen-bond acceptors (Lipinski definition) is 2. The van der Waals surface area contributed by atoms with Crippen molar-refractivity contribution >= 4 is 0 Å². The van der Waals surface area contributed by atoms with Crippen LogP contribution in [-0.2, 0) is 33.6 Å². The fraction of sp³-hybridized carbons (Fsp3) is 0. The van der Waals surface area contributed by atoms with Crippen LogP contribution >= 0.6 is 0 Å². The van der Waals surface area contributed by atoms with E-state index in [2.05, 4.69) is 0 Å². The molecule has 0 aliphatic carbocycles. The van der Waals surface area contributed by atoms with Crippen LogP contribution in [0.2, 0.25) is 0 Å². The Kier molecular flexibility index (Phi) is 93.2. The van der Waals surface area contributed by atoms with Gasteiger partial charge in [0.05, 0.1) is 0 Å². The molecule has 0 saturated heterocycles. The van der Waals surface area contributed by atoms with Crippen LogP contribution in [0.25, 0.3) is 0 Å². The minimum absolute atomic E-state index is 0. The summed E-state index contributed by atoms with van der Waals surface area (Å²) in [5.41, 5.74) is 0. The topological polar surface area (TPSA) is 51.4 Å². The van der Waals surface area contributed by atoms with Crippen LogP contribution in [0.1, 0.15) is 0 Å². The summed E-state index contributed by atoms with van der Waals surface area (Å²) in [6.45, 7) is 0. The standard InChI is InChI=1S/Mn.Ni.O3/c;;1-3-2. The molecule has 0 spiro atoms. The van der Waals surface area contributed by atoms with Crippen molar-refractivity contribution in [1.82, 2.24) is 0 Å². The Labute approximate surface area is 49.0 Å². The molecule has 1 radical (unpaired) electrons. The normalized spacial score (nSPS) is 2.40. The zero-order valence-electron chi connectivity index (χ0n) is 1.92. The van der Waals surface area contributed by atoms with E-state index < -0.39 is 0 Å². The van der Waals surface area contributed by atoms with Gasteiger partial charge in [-0.25, -0.2) is 0 Å². The summed E-state index contributed by atoms with van der Waals surface area (Å²) in [6.07, 6.45) is 0. The summed E-state index contributed by atoms with van der Waals surface area (Å²) < 4.78 is 1.75. The molecule has 0 bridgehead atoms. The molecule has 3 nitrogen and oxygen atoms in total. The SMILES string of the molecule is O=[O+][O-].[Mn].[Ni]. The fourth-order valence-electron chi connectivity index (χ4n) is 0. The largest absolute Gasteiger partial charge is 0.154 e. The Morgan fingerprint density at radius 1 is 1.60 bits per heavy atom. The van der Waals surface area contributed by atoms with Crippen molar-refractivity contribution in [3.8, 4) is 0 Å². The van der Waals surface area contributed by atoms with Crippen LogP contribution in [0.5, 0.6) is 0 Å². The molecule has 5 heteroatoms. The van der Waals surface area contributed by atoms with Gasteiger partial charge in [-0.2, -0.15) is 0 Å². The molecule has 0 aliphatic heterocycles. The molecule has 0 aliphatic rings. The van der Waals surface area contributed by atoms with E-state index in [9.17, 15) is 0 Å². The molecule has 0 N–H and O–H groups in total. The first-order valence-corrected chi connectivity index (χ1v) is 0.333. The number of hydrogen-bond donors (Lipinski definition) is 0. The molecule has 0 rings (SSSR count). The second-order valence-corrected chi connectivity index (χ2v) is 0.0680. The molecule has 0 saturated carbocycles. The first-order chi connectivity index (χ1) is 1.41. The molecular formula is MnNiO3. The van der Waals surface area contributed by atoms with E-state index in [1.54, 1.807) is 4.75 Å². The molecule has 0 heterocycles. The Balaban J connectivity index is -0.0000000200. The average molecular weight is 162 g/mol. The van der Waals surface area contributed by atoms with Gasteiger partial charge in [-0.1, -0.05) is 10.2 Å². The van der Waals surface area contributed by atoms with Crippen LogP contribution < -0.4 is 5.26 Å². The van der Waals surface area contributed by atoms with Crippen molar-refractivity contribution in [3.05, 3.63) is 9.71 Å². The first kappa shape index (κ1) is 18.1. The van der Waals surface area contributed by atoms with E-state index in [1.807, 2.05) is 0 Å². The Bertz CT molecular complexity index is 14.4. The van der Waals surface area contributed by atoms with E-state index in [-0.39, 0.29) is 33.6 Å². The van der Waals surface area contributed by atoms with E-state index >= 15 is 0 Å². The third-order valence-electron chi connectivity index (χ3n) is 0. The average Bonchev–Trinajstić information content (AvgIpc) is 0.918. The van der Waals surface area contributed by atoms with Gasteiger partial charge in [0.25, 0.3) is 0 Å². The van der Waals surface area contributed by atoms with Gasteiger partial charge in [0.1, 0.15) is 0 Å². The molecule has 0 aromatic rings. The molecule has 35 valence electrons. The second-order valence-electron chi connectivity index (χ2n) is 0.0680. The molecule has 0 unspecified atom stereocenters. The predicted molar refractivity (Wildman–Crippen MR) is 6.73 cm³/mol. The van der Waals surface area contributed by atoms with Crippen LogP contribution in [0.3, 0.4) is 0 Å². The molecule has 0 amide bonds. The quantitative estimate of drug-likeness (QED) is 0.196. The zero-order valence-corrected chi connectivity index (χ0v) is 4.09. The smallest absolute Gasteiger partial charge is 0.0772 e. The van der Waals surface area contributed by atoms with Gasteiger partial charge in [-0.05, 0) is 0 Å². The summed E-state index contributed by atoms with van der Waals surface area (Å²) >= 11 is 0. The van der Waals surface area contributed by atoms with Crippen LogP contribution in [0, 0.1) is 9.71 Å². The summed E-state index contributed by atoms with van der Waals surface area (Å²) in [5, 5.41) is 7.88. The predicted octanol–water partition coefficient (Wildman–Crippen LogP) is -1.13. The van der Waals surface area contributed by atoms with Crippen molar-refractivity contribution in [1.29, 1.82) is 0 Å². The van der Waals surface area contributed by atoms with Gasteiger partial charge in [0.15, 0.2) is 4.75 Å². The molecule has 0 aromatic carbocycles. The van der Waals surface area contributed by atoms with Crippen LogP contribution in [0.4, 0.5) is 0 Å². The molecule has 0 atom stereocenters. The maximum atomic E-state index is 7.88. The zero-order chi connectivity index (χ0) is 2.71. The summed E-state index contributed by atoms with van der Waals surface area (Å²) in [4.78, 5) is 7.88. The van der Waals surface area contributed by atoms with E-state index in [0.29, 0.717) is 0 Å². The van der Waals surface area contributed by atoms with Crippen LogP contribution in [0.15, 0.2) is 0 Å². The summed E-state index contributed by atoms with van der Waals surface area (Å²) in [7, 11) is 0. The van der Waals surface area contributed by atoms with Gasteiger partial charge < -0.3 is 0 Å². The maximum absolute atomic E-state index is 7.88. The maximum Gasteiger partial charge on any atom is 0.154 e. The van der Waals surface area contributed by atoms with E-state index in [0.717, 1.165) is 0 Å². The number of rotatable bonds is 0. The van der Waals surface area contributed by atoms with E-state index in [4.69, 9.17) is 10.2 Å². The van der Waals surface area contributed by atoms with Gasteiger partial charge in [0.2, 0.25) is 0 Å². The third kappa shape index (κ3) is 151. The molecule has 0 aromatic heterocycles. The molecular weight excluding hydrogens is 162 g/mol. The van der Waals surface area contributed by atoms with Gasteiger partial charge in [-0.15, -0.1) is 0 Å². The summed E-state index contributed by atoms with van der Waals surface area (Å²) in [5.74, 6) is 0. The van der Waals surface area contributed by atoms with E-state index in [1.165, 1.54) is 0 Å². The Morgan fingerprint density at radius 3 is 1.60 bits per heavy atom. The van der Waals surface area contributed by atoms with Crippen LogP contribution in [-0.4, -0.2) is 0 Å². The Hall–Kier alpha value is 0.413. The van der Waals surface area contributed by atoms with Crippen molar-refractivity contribution < 1.29 is 38.8 Å². The van der Waals surface area contributed by atoms with Crippen molar-refractivity contribution in [2.24, 2.45) is 0 Å². The third-order valence-corrected chi connectivity index (χ3v) is 0. The minimum Gasteiger partial charge on any atom is -0.0772 e. The van der Waals surface area contributed by atoms with Crippen molar-refractivity contribution in [3.63, 3.8) is 0 Å². The molecule has 0 fully saturated rings. The van der Waals surface area contributed by atoms with Crippen molar-refractivity contribution in [2.75, 3.05) is 0 Å². The second kappa shape index (κ2) is 25.7. The van der Waals surface area contributed by atoms with Gasteiger partial charge in [-0.3, -0.25) is 0 Å². The van der Waals surface area contributed by atoms with Gasteiger partial charge in [0, 0.05) is 33.6 Å². The van der Waals surface area contributed by atoms with Crippen molar-refractivity contribution in [2.45, 2.75) is 0 Å². The van der Waals surface area contributed by atoms with Gasteiger partial charge >= 0.3 is 0 Å².